The summed E-state index contributed by atoms with van der Waals surface area (Å²) in [6.07, 6.45) is 2.61. The first-order valence-electron chi connectivity index (χ1n) is 21.9. The zero-order chi connectivity index (χ0) is 47.1. The molecule has 0 bridgehead atoms. The fourth-order valence-electron chi connectivity index (χ4n) is 7.07. The van der Waals surface area contributed by atoms with E-state index < -0.39 is 34.7 Å². The summed E-state index contributed by atoms with van der Waals surface area (Å²) in [5, 5.41) is 17.5. The largest absolute Gasteiger partial charge is 0.382 e. The second-order valence-corrected chi connectivity index (χ2v) is 18.0. The van der Waals surface area contributed by atoms with Gasteiger partial charge in [-0.1, -0.05) is 18.2 Å². The number of nitrogens with one attached hydrogen (secondary N) is 7. The highest BCUT2D eigenvalue weighted by Crippen LogP contribution is 2.25. The first-order chi connectivity index (χ1) is 31.7. The standard InChI is InChI=1S/C46H59N11O8S/c1-31-28-49-45(54-42(31)50-34-8-6-9-36(27-34)66(63)55-46(2,3)4)51-33-11-13-35(14-12-33)57-21-19-56(20-22-57)29-40(60)48-18-24-65-26-25-64-23-17-47-37-10-5-7-32(30-58)41(37)44(62)52-38-15-16-39(59)53-43(38)61/h5-14,27-28,30,38,47,55H,15-26,29H2,1-4H3,(H,48,60)(H,52,62)(H,53,59,61)(H2,49,50,51,54). The summed E-state index contributed by atoms with van der Waals surface area (Å²) in [4.78, 5) is 75.3. The number of carbonyl (C=O) groups excluding carboxylic acids is 5. The quantitative estimate of drug-likeness (QED) is 0.0340. The number of benzene rings is 3. The van der Waals surface area contributed by atoms with Crippen molar-refractivity contribution in [3.63, 3.8) is 0 Å². The second-order valence-electron chi connectivity index (χ2n) is 16.8. The molecule has 2 unspecified atom stereocenters. The lowest BCUT2D eigenvalue weighted by atomic mass is 10.0. The van der Waals surface area contributed by atoms with Crippen LogP contribution in [0.2, 0.25) is 0 Å². The van der Waals surface area contributed by atoms with Crippen molar-refractivity contribution < 1.29 is 37.7 Å². The number of hydrogen-bond acceptors (Lipinski definition) is 15. The van der Waals surface area contributed by atoms with Crippen molar-refractivity contribution in [1.29, 1.82) is 0 Å². The van der Waals surface area contributed by atoms with E-state index in [0.29, 0.717) is 74.7 Å². The molecular weight excluding hydrogens is 867 g/mol. The molecule has 2 fully saturated rings. The molecule has 0 aliphatic carbocycles. The molecule has 4 aromatic rings. The number of piperidine rings is 1. The molecule has 7 N–H and O–H groups in total. The molecule has 352 valence electrons. The Balaban J connectivity index is 0.831. The van der Waals surface area contributed by atoms with E-state index in [9.17, 15) is 28.2 Å². The lowest BCUT2D eigenvalue weighted by molar-refractivity contribution is -0.134. The maximum Gasteiger partial charge on any atom is 0.254 e. The van der Waals surface area contributed by atoms with Gasteiger partial charge in [0.05, 0.1) is 43.4 Å². The van der Waals surface area contributed by atoms with E-state index in [4.69, 9.17) is 14.5 Å². The van der Waals surface area contributed by atoms with Crippen molar-refractivity contribution in [2.24, 2.45) is 0 Å². The van der Waals surface area contributed by atoms with Crippen LogP contribution < -0.4 is 41.5 Å². The number of carbonyl (C=O) groups is 5. The molecule has 2 atom stereocenters. The zero-order valence-electron chi connectivity index (χ0n) is 37.7. The number of aldehydes is 1. The van der Waals surface area contributed by atoms with Crippen LogP contribution in [-0.2, 0) is 34.8 Å². The molecule has 3 heterocycles. The average Bonchev–Trinajstić information content (AvgIpc) is 3.29. The van der Waals surface area contributed by atoms with E-state index in [-0.39, 0.29) is 35.4 Å². The van der Waals surface area contributed by atoms with Gasteiger partial charge in [0.15, 0.2) is 6.29 Å². The second kappa shape index (κ2) is 23.7. The van der Waals surface area contributed by atoms with Crippen LogP contribution in [0.15, 0.2) is 77.8 Å². The van der Waals surface area contributed by atoms with E-state index in [1.165, 1.54) is 6.07 Å². The number of aromatic nitrogens is 2. The third-order valence-electron chi connectivity index (χ3n) is 10.4. The predicted octanol–water partition coefficient (Wildman–Crippen LogP) is 3.41. The monoisotopic (exact) mass is 925 g/mol. The topological polar surface area (TPSA) is 237 Å². The summed E-state index contributed by atoms with van der Waals surface area (Å²) in [7, 11) is -1.36. The minimum absolute atomic E-state index is 0.0661. The lowest BCUT2D eigenvalue weighted by Crippen LogP contribution is -2.52. The van der Waals surface area contributed by atoms with Gasteiger partial charge >= 0.3 is 0 Å². The maximum atomic E-state index is 13.1. The maximum absolute atomic E-state index is 13.1. The van der Waals surface area contributed by atoms with Crippen LogP contribution in [0.25, 0.3) is 0 Å². The molecule has 0 spiro atoms. The van der Waals surface area contributed by atoms with Gasteiger partial charge in [0.1, 0.15) is 22.8 Å². The third-order valence-corrected chi connectivity index (χ3v) is 11.9. The van der Waals surface area contributed by atoms with Crippen LogP contribution in [0.4, 0.5) is 34.5 Å². The Labute approximate surface area is 387 Å². The smallest absolute Gasteiger partial charge is 0.254 e. The van der Waals surface area contributed by atoms with Gasteiger partial charge in [-0.2, -0.15) is 4.98 Å². The fourth-order valence-corrected chi connectivity index (χ4v) is 8.18. The van der Waals surface area contributed by atoms with Gasteiger partial charge in [-0.3, -0.25) is 34.2 Å². The number of imide groups is 1. The number of ether oxygens (including phenoxy) is 2. The molecule has 6 rings (SSSR count). The highest BCUT2D eigenvalue weighted by molar-refractivity contribution is 7.83. The Morgan fingerprint density at radius 3 is 2.35 bits per heavy atom. The van der Waals surface area contributed by atoms with Gasteiger partial charge in [0.2, 0.25) is 23.7 Å². The Hall–Kier alpha value is -6.32. The molecule has 4 amide bonds. The molecule has 0 radical (unpaired) electrons. The molecule has 19 nitrogen and oxygen atoms in total. The van der Waals surface area contributed by atoms with Crippen molar-refractivity contribution in [2.75, 3.05) is 93.1 Å². The normalized spacial score (nSPS) is 15.9. The van der Waals surface area contributed by atoms with Gasteiger partial charge in [-0.15, -0.1) is 0 Å². The Morgan fingerprint density at radius 2 is 1.64 bits per heavy atom. The van der Waals surface area contributed by atoms with Crippen LogP contribution in [0.3, 0.4) is 0 Å². The number of hydrogen-bond donors (Lipinski definition) is 7. The van der Waals surface area contributed by atoms with Gasteiger partial charge < -0.3 is 41.0 Å². The van der Waals surface area contributed by atoms with Gasteiger partial charge in [-0.05, 0) is 82.6 Å². The Morgan fingerprint density at radius 1 is 0.909 bits per heavy atom. The number of rotatable bonds is 22. The number of anilines is 6. The van der Waals surface area contributed by atoms with Crippen LogP contribution >= 0.6 is 0 Å². The summed E-state index contributed by atoms with van der Waals surface area (Å²) in [5.41, 5.74) is 3.92. The summed E-state index contributed by atoms with van der Waals surface area (Å²) < 4.78 is 27.2. The van der Waals surface area contributed by atoms with Crippen molar-refractivity contribution in [3.8, 4) is 0 Å². The van der Waals surface area contributed by atoms with E-state index in [1.54, 1.807) is 18.3 Å². The molecule has 2 aliphatic heterocycles. The van der Waals surface area contributed by atoms with E-state index in [1.807, 2.05) is 64.1 Å². The Kier molecular flexibility index (Phi) is 17.7. The number of amides is 4. The van der Waals surface area contributed by atoms with Crippen molar-refractivity contribution in [3.05, 3.63) is 89.6 Å². The van der Waals surface area contributed by atoms with Crippen LogP contribution in [0.1, 0.15) is 59.9 Å². The first kappa shape index (κ1) is 49.1. The van der Waals surface area contributed by atoms with Crippen molar-refractivity contribution in [1.82, 2.24) is 35.5 Å². The van der Waals surface area contributed by atoms with E-state index in [0.717, 1.165) is 48.8 Å². The number of nitrogens with zero attached hydrogens (tertiary/aromatic N) is 4. The molecule has 2 aliphatic rings. The molecule has 3 aromatic carbocycles. The highest BCUT2D eigenvalue weighted by Gasteiger charge is 2.29. The minimum Gasteiger partial charge on any atom is -0.382 e. The highest BCUT2D eigenvalue weighted by atomic mass is 32.2. The van der Waals surface area contributed by atoms with Gasteiger partial charge in [0.25, 0.3) is 5.91 Å². The fraction of sp³-hybridized carbons (Fsp3) is 0.413. The van der Waals surface area contributed by atoms with Crippen LogP contribution in [-0.4, -0.2) is 133 Å². The minimum atomic E-state index is -1.36. The van der Waals surface area contributed by atoms with Crippen LogP contribution in [0.5, 0.6) is 0 Å². The predicted molar refractivity (Wildman–Crippen MR) is 253 cm³/mol. The summed E-state index contributed by atoms with van der Waals surface area (Å²) in [5.74, 6) is -0.561. The number of piperazine rings is 1. The molecule has 0 saturated carbocycles. The van der Waals surface area contributed by atoms with E-state index >= 15 is 0 Å². The molecule has 20 heteroatoms. The third kappa shape index (κ3) is 14.9. The molecule has 1 aromatic heterocycles. The zero-order valence-corrected chi connectivity index (χ0v) is 38.6. The van der Waals surface area contributed by atoms with Gasteiger partial charge in [0, 0.05) is 91.3 Å². The molecular formula is C46H59N11O8S. The van der Waals surface area contributed by atoms with Crippen molar-refractivity contribution in [2.45, 2.75) is 57.0 Å². The molecule has 2 saturated heterocycles. The number of aryl methyl sites for hydroxylation is 1. The molecule has 66 heavy (non-hydrogen) atoms. The van der Waals surface area contributed by atoms with E-state index in [2.05, 4.69) is 63.5 Å². The lowest BCUT2D eigenvalue weighted by Gasteiger charge is -2.35. The van der Waals surface area contributed by atoms with Crippen LogP contribution in [0, 0.1) is 6.92 Å². The summed E-state index contributed by atoms with van der Waals surface area (Å²) >= 11 is 0. The van der Waals surface area contributed by atoms with Gasteiger partial charge in [-0.25, -0.2) is 13.9 Å². The Bertz CT molecular complexity index is 2350. The van der Waals surface area contributed by atoms with Crippen molar-refractivity contribution >= 4 is 75.4 Å². The first-order valence-corrected chi connectivity index (χ1v) is 23.0. The summed E-state index contributed by atoms with van der Waals surface area (Å²) in [6.45, 7) is 13.2. The SMILES string of the molecule is Cc1cnc(Nc2ccc(N3CCN(CC(=O)NCCOCCOCCNc4cccc(C=O)c4C(=O)NC4CCC(=O)NC4=O)CC3)cc2)nc1Nc1cccc(S(=O)NC(C)(C)C)c1. The summed E-state index contributed by atoms with van der Waals surface area (Å²) in [6, 6.07) is 19.5. The average molecular weight is 926 g/mol.